The van der Waals surface area contributed by atoms with Crippen LogP contribution in [0.25, 0.3) is 0 Å². The van der Waals surface area contributed by atoms with Crippen LogP contribution in [0.1, 0.15) is 29.8 Å². The number of carbonyl (C=O) groups is 2. The first-order valence-electron chi connectivity index (χ1n) is 7.02. The Kier molecular flexibility index (Phi) is 5.50. The molecule has 1 aromatic carbocycles. The van der Waals surface area contributed by atoms with Gasteiger partial charge >= 0.3 is 0 Å². The fourth-order valence-corrected chi connectivity index (χ4v) is 2.71. The molecule has 0 aliphatic carbocycles. The first-order chi connectivity index (χ1) is 11.4. The number of rotatable bonds is 5. The van der Waals surface area contributed by atoms with Crippen molar-refractivity contribution in [1.29, 1.82) is 5.26 Å². The maximum absolute atomic E-state index is 12.4. The summed E-state index contributed by atoms with van der Waals surface area (Å²) in [6.45, 7) is 3.16. The quantitative estimate of drug-likeness (QED) is 0.486. The minimum atomic E-state index is -0.427. The van der Waals surface area contributed by atoms with E-state index in [1.54, 1.807) is 31.2 Å². The number of thioether (sulfide) groups is 1. The highest BCUT2D eigenvalue weighted by Gasteiger charge is 2.18. The van der Waals surface area contributed by atoms with Crippen LogP contribution in [0, 0.1) is 11.3 Å². The molecule has 1 unspecified atom stereocenters. The molecular formula is C16H15N5O2S. The summed E-state index contributed by atoms with van der Waals surface area (Å²) in [5.74, 6) is -0.177. The number of nitrogens with two attached hydrogens (primary N) is 1. The lowest BCUT2D eigenvalue weighted by Crippen LogP contribution is -2.14. The fourth-order valence-electron chi connectivity index (χ4n) is 1.89. The van der Waals surface area contributed by atoms with E-state index in [9.17, 15) is 9.59 Å². The summed E-state index contributed by atoms with van der Waals surface area (Å²) in [5, 5.41) is 11.4. The van der Waals surface area contributed by atoms with E-state index >= 15 is 0 Å². The number of ketones is 1. The van der Waals surface area contributed by atoms with Crippen LogP contribution >= 0.6 is 11.8 Å². The highest BCUT2D eigenvalue weighted by molar-refractivity contribution is 8.00. The van der Waals surface area contributed by atoms with Crippen LogP contribution in [-0.2, 0) is 4.79 Å². The minimum Gasteiger partial charge on any atom is -0.382 e. The Hall–Kier alpha value is -2.92. The van der Waals surface area contributed by atoms with Crippen LogP contribution in [-0.4, -0.2) is 26.9 Å². The van der Waals surface area contributed by atoms with Gasteiger partial charge in [0.25, 0.3) is 0 Å². The molecule has 0 spiro atoms. The molecule has 0 saturated heterocycles. The second kappa shape index (κ2) is 7.57. The van der Waals surface area contributed by atoms with Crippen molar-refractivity contribution >= 4 is 35.0 Å². The van der Waals surface area contributed by atoms with Crippen molar-refractivity contribution in [3.63, 3.8) is 0 Å². The van der Waals surface area contributed by atoms with E-state index in [-0.39, 0.29) is 23.1 Å². The van der Waals surface area contributed by atoms with Gasteiger partial charge in [-0.3, -0.25) is 9.59 Å². The van der Waals surface area contributed by atoms with Gasteiger partial charge in [0.1, 0.15) is 17.5 Å². The van der Waals surface area contributed by atoms with Crippen LogP contribution in [0.15, 0.2) is 35.6 Å². The van der Waals surface area contributed by atoms with Gasteiger partial charge in [0, 0.05) is 18.2 Å². The maximum atomic E-state index is 12.4. The number of aromatic nitrogens is 2. The van der Waals surface area contributed by atoms with Crippen molar-refractivity contribution < 1.29 is 9.59 Å². The molecule has 1 heterocycles. The first-order valence-corrected chi connectivity index (χ1v) is 7.90. The van der Waals surface area contributed by atoms with Crippen LogP contribution in [0.5, 0.6) is 0 Å². The van der Waals surface area contributed by atoms with Crippen LogP contribution in [0.2, 0.25) is 0 Å². The van der Waals surface area contributed by atoms with E-state index in [4.69, 9.17) is 11.0 Å². The second-order valence-electron chi connectivity index (χ2n) is 4.95. The zero-order valence-corrected chi connectivity index (χ0v) is 13.9. The number of nitrogens with one attached hydrogen (secondary N) is 1. The molecule has 3 N–H and O–H groups in total. The topological polar surface area (TPSA) is 122 Å². The second-order valence-corrected chi connectivity index (χ2v) is 6.25. The average molecular weight is 341 g/mol. The molecule has 2 aromatic rings. The summed E-state index contributed by atoms with van der Waals surface area (Å²) < 4.78 is 0. The number of carbonyl (C=O) groups excluding carboxylic acids is 2. The third-order valence-corrected chi connectivity index (χ3v) is 4.03. The van der Waals surface area contributed by atoms with Gasteiger partial charge in [-0.05, 0) is 31.2 Å². The lowest BCUT2D eigenvalue weighted by Gasteiger charge is -2.10. The maximum Gasteiger partial charge on any atom is 0.221 e. The van der Waals surface area contributed by atoms with Crippen molar-refractivity contribution in [1.82, 2.24) is 9.97 Å². The van der Waals surface area contributed by atoms with Crippen LogP contribution < -0.4 is 11.1 Å². The van der Waals surface area contributed by atoms with Crippen molar-refractivity contribution in [3.8, 4) is 6.07 Å². The summed E-state index contributed by atoms with van der Waals surface area (Å²) in [7, 11) is 0. The van der Waals surface area contributed by atoms with Gasteiger partial charge in [-0.2, -0.15) is 5.26 Å². The molecule has 1 atom stereocenters. The predicted molar refractivity (Wildman–Crippen MR) is 91.6 cm³/mol. The number of benzene rings is 1. The number of hydrogen-bond donors (Lipinski definition) is 2. The molecule has 0 fully saturated rings. The molecule has 24 heavy (non-hydrogen) atoms. The van der Waals surface area contributed by atoms with E-state index < -0.39 is 5.25 Å². The Morgan fingerprint density at radius 2 is 2.00 bits per heavy atom. The van der Waals surface area contributed by atoms with Gasteiger partial charge in [0.2, 0.25) is 5.91 Å². The number of amides is 1. The zero-order valence-electron chi connectivity index (χ0n) is 13.1. The Labute approximate surface area is 143 Å². The molecule has 0 aliphatic rings. The standard InChI is InChI=1S/C16H15N5O2S/c1-9(24-16-19-8-12(7-17)15(18)21-16)14(23)11-3-5-13(6-4-11)20-10(2)22/h3-6,8-9H,1-2H3,(H,20,22)(H2,18,19,21). The Morgan fingerprint density at radius 3 is 2.54 bits per heavy atom. The summed E-state index contributed by atoms with van der Waals surface area (Å²) in [6.07, 6.45) is 1.34. The average Bonchev–Trinajstić information content (AvgIpc) is 2.54. The molecule has 8 heteroatoms. The molecule has 7 nitrogen and oxygen atoms in total. The lowest BCUT2D eigenvalue weighted by molar-refractivity contribution is -0.114. The zero-order chi connectivity index (χ0) is 17.7. The number of nitrogen functional groups attached to an aromatic ring is 1. The molecule has 122 valence electrons. The van der Waals surface area contributed by atoms with Crippen LogP contribution in [0.4, 0.5) is 11.5 Å². The summed E-state index contributed by atoms with van der Waals surface area (Å²) in [4.78, 5) is 31.5. The van der Waals surface area contributed by atoms with E-state index in [0.717, 1.165) is 11.8 Å². The van der Waals surface area contributed by atoms with Gasteiger partial charge in [0.15, 0.2) is 10.9 Å². The number of Topliss-reactive ketones (excluding diaryl/α,β-unsaturated/α-hetero) is 1. The largest absolute Gasteiger partial charge is 0.382 e. The molecule has 0 bridgehead atoms. The summed E-state index contributed by atoms with van der Waals surface area (Å²) in [6, 6.07) is 8.53. The van der Waals surface area contributed by atoms with Gasteiger partial charge in [-0.25, -0.2) is 9.97 Å². The van der Waals surface area contributed by atoms with E-state index in [2.05, 4.69) is 15.3 Å². The third kappa shape index (κ3) is 4.30. The van der Waals surface area contributed by atoms with Gasteiger partial charge < -0.3 is 11.1 Å². The SMILES string of the molecule is CC(=O)Nc1ccc(C(=O)C(C)Sc2ncc(C#N)c(N)n2)cc1. The predicted octanol–water partition coefficient (Wildman–Crippen LogP) is 2.25. The van der Waals surface area contributed by atoms with Crippen molar-refractivity contribution in [2.45, 2.75) is 24.3 Å². The summed E-state index contributed by atoms with van der Waals surface area (Å²) >= 11 is 1.16. The molecule has 1 amide bonds. The Morgan fingerprint density at radius 1 is 1.33 bits per heavy atom. The normalized spacial score (nSPS) is 11.4. The highest BCUT2D eigenvalue weighted by atomic mass is 32.2. The Bertz CT molecular complexity index is 814. The molecule has 0 saturated carbocycles. The van der Waals surface area contributed by atoms with E-state index in [1.165, 1.54) is 13.1 Å². The van der Waals surface area contributed by atoms with E-state index in [0.29, 0.717) is 16.4 Å². The van der Waals surface area contributed by atoms with Crippen LogP contribution in [0.3, 0.4) is 0 Å². The number of anilines is 2. The minimum absolute atomic E-state index is 0.0920. The molecule has 1 aromatic heterocycles. The Balaban J connectivity index is 2.08. The van der Waals surface area contributed by atoms with Crippen molar-refractivity contribution in [3.05, 3.63) is 41.6 Å². The van der Waals surface area contributed by atoms with Gasteiger partial charge in [-0.1, -0.05) is 11.8 Å². The van der Waals surface area contributed by atoms with Crippen molar-refractivity contribution in [2.24, 2.45) is 0 Å². The molecule has 0 radical (unpaired) electrons. The fraction of sp³-hybridized carbons (Fsp3) is 0.188. The number of hydrogen-bond acceptors (Lipinski definition) is 7. The monoisotopic (exact) mass is 341 g/mol. The van der Waals surface area contributed by atoms with Gasteiger partial charge in [0.05, 0.1) is 11.4 Å². The highest BCUT2D eigenvalue weighted by Crippen LogP contribution is 2.24. The van der Waals surface area contributed by atoms with E-state index in [1.807, 2.05) is 6.07 Å². The lowest BCUT2D eigenvalue weighted by atomic mass is 10.1. The van der Waals surface area contributed by atoms with Crippen molar-refractivity contribution in [2.75, 3.05) is 11.1 Å². The molecule has 0 aliphatic heterocycles. The summed E-state index contributed by atoms with van der Waals surface area (Å²) in [5.41, 5.74) is 6.99. The number of nitriles is 1. The smallest absolute Gasteiger partial charge is 0.221 e. The first kappa shape index (κ1) is 17.4. The molecular weight excluding hydrogens is 326 g/mol. The number of nitrogens with zero attached hydrogens (tertiary/aromatic N) is 3. The molecule has 2 rings (SSSR count). The van der Waals surface area contributed by atoms with Gasteiger partial charge in [-0.15, -0.1) is 0 Å². The third-order valence-electron chi connectivity index (χ3n) is 3.06.